The highest BCUT2D eigenvalue weighted by molar-refractivity contribution is 9.10. The van der Waals surface area contributed by atoms with Crippen LogP contribution in [0.25, 0.3) is 0 Å². The Balaban J connectivity index is 2.25. The average Bonchev–Trinajstić information content (AvgIpc) is 2.41. The normalized spacial score (nSPS) is 21.8. The molecule has 0 aromatic heterocycles. The Morgan fingerprint density at radius 1 is 1.14 bits per heavy atom. The lowest BCUT2D eigenvalue weighted by Crippen LogP contribution is -2.52. The molecule has 0 radical (unpaired) electrons. The van der Waals surface area contributed by atoms with E-state index in [1.165, 1.54) is 13.8 Å². The highest BCUT2D eigenvalue weighted by atomic mass is 79.9. The molecule has 2 atom stereocenters. The maximum Gasteiger partial charge on any atom is 0.304 e. The van der Waals surface area contributed by atoms with Gasteiger partial charge in [-0.05, 0) is 37.1 Å². The molecule has 1 aromatic carbocycles. The van der Waals surface area contributed by atoms with E-state index in [1.807, 2.05) is 29.2 Å². The van der Waals surface area contributed by atoms with E-state index in [-0.39, 0.29) is 11.9 Å². The molecule has 0 aliphatic carbocycles. The average molecular weight is 356 g/mol. The second-order valence-electron chi connectivity index (χ2n) is 4.96. The van der Waals surface area contributed by atoms with Crippen LogP contribution < -0.4 is 4.90 Å². The molecular weight excluding hydrogens is 338 g/mol. The molecule has 1 heterocycles. The predicted molar refractivity (Wildman–Crippen MR) is 81.8 cm³/mol. The zero-order valence-electron chi connectivity index (χ0n) is 12.0. The highest BCUT2D eigenvalue weighted by Crippen LogP contribution is 2.28. The number of rotatable bonds is 3. The van der Waals surface area contributed by atoms with Gasteiger partial charge >= 0.3 is 11.9 Å². The summed E-state index contributed by atoms with van der Waals surface area (Å²) in [5, 5.41) is 0. The van der Waals surface area contributed by atoms with Crippen molar-refractivity contribution in [2.75, 3.05) is 11.4 Å². The predicted octanol–water partition coefficient (Wildman–Crippen LogP) is 2.87. The number of nitrogens with zero attached hydrogens (tertiary/aromatic N) is 1. The molecule has 6 heteroatoms. The van der Waals surface area contributed by atoms with Gasteiger partial charge < -0.3 is 14.4 Å². The molecule has 0 N–H and O–H groups in total. The van der Waals surface area contributed by atoms with E-state index in [2.05, 4.69) is 15.9 Å². The van der Waals surface area contributed by atoms with Gasteiger partial charge in [0.2, 0.25) is 6.23 Å². The van der Waals surface area contributed by atoms with Gasteiger partial charge in [0.05, 0.1) is 0 Å². The molecule has 0 spiro atoms. The van der Waals surface area contributed by atoms with Crippen LogP contribution in [0.2, 0.25) is 0 Å². The molecule has 2 rings (SSSR count). The van der Waals surface area contributed by atoms with Gasteiger partial charge in [0.1, 0.15) is 0 Å². The Morgan fingerprint density at radius 2 is 1.76 bits per heavy atom. The van der Waals surface area contributed by atoms with Crippen molar-refractivity contribution in [3.8, 4) is 0 Å². The van der Waals surface area contributed by atoms with Crippen molar-refractivity contribution in [1.82, 2.24) is 0 Å². The molecule has 0 amide bonds. The Morgan fingerprint density at radius 3 is 2.33 bits per heavy atom. The standard InChI is InChI=1S/C15H18BrNO4/c1-10(18)20-14-4-3-9-17(15(14)21-11(2)19)13-7-5-12(16)6-8-13/h5-8,14-15H,3-4,9H2,1-2H3/t14-,15-/m0/s1. The van der Waals surface area contributed by atoms with Crippen molar-refractivity contribution in [3.63, 3.8) is 0 Å². The minimum atomic E-state index is -0.582. The van der Waals surface area contributed by atoms with Crippen molar-refractivity contribution in [1.29, 1.82) is 0 Å². The number of anilines is 1. The first kappa shape index (κ1) is 15.8. The summed E-state index contributed by atoms with van der Waals surface area (Å²) in [6.45, 7) is 3.47. The number of hydrogen-bond donors (Lipinski definition) is 0. The molecule has 1 fully saturated rings. The number of hydrogen-bond acceptors (Lipinski definition) is 5. The van der Waals surface area contributed by atoms with E-state index in [1.54, 1.807) is 0 Å². The lowest BCUT2D eigenvalue weighted by Gasteiger charge is -2.40. The molecule has 1 aliphatic heterocycles. The Labute approximate surface area is 132 Å². The van der Waals surface area contributed by atoms with Gasteiger partial charge in [-0.15, -0.1) is 0 Å². The van der Waals surface area contributed by atoms with Crippen molar-refractivity contribution < 1.29 is 19.1 Å². The Kier molecular flexibility index (Phi) is 5.22. The maximum absolute atomic E-state index is 11.4. The fraction of sp³-hybridized carbons (Fsp3) is 0.467. The first-order valence-corrected chi connectivity index (χ1v) is 7.63. The monoisotopic (exact) mass is 355 g/mol. The highest BCUT2D eigenvalue weighted by Gasteiger charge is 2.36. The van der Waals surface area contributed by atoms with Gasteiger partial charge in [0.15, 0.2) is 6.10 Å². The number of esters is 2. The number of carbonyl (C=O) groups is 2. The third-order valence-electron chi connectivity index (χ3n) is 3.28. The van der Waals surface area contributed by atoms with Gasteiger partial charge in [-0.1, -0.05) is 15.9 Å². The number of piperidine rings is 1. The first-order valence-electron chi connectivity index (χ1n) is 6.84. The summed E-state index contributed by atoms with van der Waals surface area (Å²) in [6.07, 6.45) is 0.529. The summed E-state index contributed by atoms with van der Waals surface area (Å²) < 4.78 is 11.7. The van der Waals surface area contributed by atoms with Gasteiger partial charge in [-0.25, -0.2) is 0 Å². The van der Waals surface area contributed by atoms with Gasteiger partial charge in [-0.2, -0.15) is 0 Å². The van der Waals surface area contributed by atoms with Crippen LogP contribution in [0.3, 0.4) is 0 Å². The van der Waals surface area contributed by atoms with Crippen molar-refractivity contribution in [2.24, 2.45) is 0 Å². The summed E-state index contributed by atoms with van der Waals surface area (Å²) in [6, 6.07) is 7.73. The fourth-order valence-corrected chi connectivity index (χ4v) is 2.75. The third kappa shape index (κ3) is 4.20. The zero-order chi connectivity index (χ0) is 15.4. The molecule has 1 aliphatic rings. The van der Waals surface area contributed by atoms with Gasteiger partial charge in [-0.3, -0.25) is 9.59 Å². The second kappa shape index (κ2) is 6.93. The molecule has 0 bridgehead atoms. The van der Waals surface area contributed by atoms with Crippen LogP contribution in [0, 0.1) is 0 Å². The number of carbonyl (C=O) groups excluding carboxylic acids is 2. The SMILES string of the molecule is CC(=O)O[C@H]1CCCN(c2ccc(Br)cc2)[C@H]1OC(C)=O. The van der Waals surface area contributed by atoms with E-state index < -0.39 is 12.3 Å². The van der Waals surface area contributed by atoms with Crippen LogP contribution >= 0.6 is 15.9 Å². The van der Waals surface area contributed by atoms with E-state index in [0.717, 1.165) is 23.1 Å². The second-order valence-corrected chi connectivity index (χ2v) is 5.88. The first-order chi connectivity index (χ1) is 9.97. The number of halogens is 1. The molecule has 114 valence electrons. The largest absolute Gasteiger partial charge is 0.456 e. The fourth-order valence-electron chi connectivity index (χ4n) is 2.48. The summed E-state index contributed by atoms with van der Waals surface area (Å²) in [4.78, 5) is 24.6. The minimum Gasteiger partial charge on any atom is -0.456 e. The number of ether oxygens (including phenoxy) is 2. The smallest absolute Gasteiger partial charge is 0.304 e. The van der Waals surface area contributed by atoms with E-state index in [0.29, 0.717) is 6.42 Å². The minimum absolute atomic E-state index is 0.366. The summed E-state index contributed by atoms with van der Waals surface area (Å²) >= 11 is 3.40. The summed E-state index contributed by atoms with van der Waals surface area (Å²) in [5.74, 6) is -0.754. The van der Waals surface area contributed by atoms with E-state index in [9.17, 15) is 9.59 Å². The maximum atomic E-state index is 11.4. The molecule has 0 unspecified atom stereocenters. The molecule has 21 heavy (non-hydrogen) atoms. The quantitative estimate of drug-likeness (QED) is 0.780. The van der Waals surface area contributed by atoms with Crippen LogP contribution in [-0.2, 0) is 19.1 Å². The summed E-state index contributed by atoms with van der Waals surface area (Å²) in [7, 11) is 0. The number of benzene rings is 1. The Bertz CT molecular complexity index is 517. The van der Waals surface area contributed by atoms with Crippen molar-refractivity contribution in [2.45, 2.75) is 39.0 Å². The van der Waals surface area contributed by atoms with Crippen LogP contribution in [0.1, 0.15) is 26.7 Å². The molecule has 0 saturated carbocycles. The Hall–Kier alpha value is -1.56. The summed E-state index contributed by atoms with van der Waals surface area (Å²) in [5.41, 5.74) is 0.932. The molecule has 1 saturated heterocycles. The lowest BCUT2D eigenvalue weighted by atomic mass is 10.0. The third-order valence-corrected chi connectivity index (χ3v) is 3.80. The van der Waals surface area contributed by atoms with Crippen LogP contribution in [0.15, 0.2) is 28.7 Å². The van der Waals surface area contributed by atoms with Crippen molar-refractivity contribution in [3.05, 3.63) is 28.7 Å². The zero-order valence-corrected chi connectivity index (χ0v) is 13.6. The molecule has 5 nitrogen and oxygen atoms in total. The molecule has 1 aromatic rings. The van der Waals surface area contributed by atoms with Gasteiger partial charge in [0.25, 0.3) is 0 Å². The van der Waals surface area contributed by atoms with Gasteiger partial charge in [0, 0.05) is 30.6 Å². The topological polar surface area (TPSA) is 55.8 Å². The van der Waals surface area contributed by atoms with Crippen molar-refractivity contribution >= 4 is 33.6 Å². The lowest BCUT2D eigenvalue weighted by molar-refractivity contribution is -0.167. The van der Waals surface area contributed by atoms with Crippen LogP contribution in [-0.4, -0.2) is 30.8 Å². The molecular formula is C15H18BrNO4. The van der Waals surface area contributed by atoms with Crippen LogP contribution in [0.5, 0.6) is 0 Å². The van der Waals surface area contributed by atoms with Crippen LogP contribution in [0.4, 0.5) is 5.69 Å². The van der Waals surface area contributed by atoms with E-state index in [4.69, 9.17) is 9.47 Å². The van der Waals surface area contributed by atoms with E-state index >= 15 is 0 Å².